The predicted octanol–water partition coefficient (Wildman–Crippen LogP) is -1.78. The molecule has 1 aromatic rings. The minimum absolute atomic E-state index is 1.11. The summed E-state index contributed by atoms with van der Waals surface area (Å²) >= 11 is 0. The van der Waals surface area contributed by atoms with Crippen molar-refractivity contribution in [3.05, 3.63) is 17.5 Å². The summed E-state index contributed by atoms with van der Waals surface area (Å²) in [5.74, 6) is 0. The summed E-state index contributed by atoms with van der Waals surface area (Å²) in [4.78, 5) is 4.33. The third-order valence-electron chi connectivity index (χ3n) is 1.90. The van der Waals surface area contributed by atoms with Gasteiger partial charge in [-0.1, -0.05) is 10.9 Å². The zero-order valence-corrected chi connectivity index (χ0v) is 7.02. The second-order valence-electron chi connectivity index (χ2n) is 2.79. The fourth-order valence-electron chi connectivity index (χ4n) is 1.09. The van der Waals surface area contributed by atoms with E-state index in [-0.39, 0.29) is 0 Å². The molecule has 0 saturated carbocycles. The van der Waals surface area contributed by atoms with Crippen LogP contribution in [0.15, 0.2) is 6.07 Å². The van der Waals surface area contributed by atoms with Gasteiger partial charge in [0.15, 0.2) is 0 Å². The molecule has 3 heteroatoms. The SMILES string of the molecule is Bc1cc(C)nc(C)c1B. The highest BCUT2D eigenvalue weighted by Crippen LogP contribution is 1.88. The van der Waals surface area contributed by atoms with Gasteiger partial charge in [0, 0.05) is 11.4 Å². The Hall–Kier alpha value is -0.720. The summed E-state index contributed by atoms with van der Waals surface area (Å²) in [6, 6.07) is 2.11. The van der Waals surface area contributed by atoms with Gasteiger partial charge in [0.05, 0.1) is 0 Å². The fraction of sp³-hybridized carbons (Fsp3) is 0.286. The highest BCUT2D eigenvalue weighted by Gasteiger charge is 1.97. The topological polar surface area (TPSA) is 12.9 Å². The van der Waals surface area contributed by atoms with Crippen molar-refractivity contribution in [2.45, 2.75) is 13.8 Å². The molecule has 1 aromatic heterocycles. The van der Waals surface area contributed by atoms with Crippen molar-refractivity contribution in [3.8, 4) is 0 Å². The molecule has 10 heavy (non-hydrogen) atoms. The molecule has 0 unspecified atom stereocenters. The lowest BCUT2D eigenvalue weighted by molar-refractivity contribution is 1.15. The van der Waals surface area contributed by atoms with Crippen molar-refractivity contribution in [3.63, 3.8) is 0 Å². The smallest absolute Gasteiger partial charge is 0.140 e. The van der Waals surface area contributed by atoms with Gasteiger partial charge in [-0.25, -0.2) is 0 Å². The molecule has 0 spiro atoms. The molecule has 1 nitrogen and oxygen atoms in total. The molecule has 0 aromatic carbocycles. The molecule has 0 aliphatic rings. The molecule has 0 bridgehead atoms. The maximum absolute atomic E-state index is 4.33. The Morgan fingerprint density at radius 1 is 1.30 bits per heavy atom. The second-order valence-corrected chi connectivity index (χ2v) is 2.79. The first-order valence-corrected chi connectivity index (χ1v) is 3.52. The first-order chi connectivity index (χ1) is 4.61. The highest BCUT2D eigenvalue weighted by atomic mass is 14.7. The standard InChI is InChI=1S/C7H11B2N/c1-4-3-6(8)7(9)5(2)10-4/h3H,8-9H2,1-2H3. The van der Waals surface area contributed by atoms with Crippen LogP contribution in [-0.2, 0) is 0 Å². The molecule has 0 fully saturated rings. The second kappa shape index (κ2) is 2.49. The lowest BCUT2D eigenvalue weighted by atomic mass is 9.80. The number of nitrogens with zero attached hydrogens (tertiary/aromatic N) is 1. The van der Waals surface area contributed by atoms with Crippen molar-refractivity contribution in [2.24, 2.45) is 0 Å². The number of pyridine rings is 1. The van der Waals surface area contributed by atoms with Crippen LogP contribution in [0, 0.1) is 13.8 Å². The Labute approximate surface area is 63.7 Å². The number of aryl methyl sites for hydroxylation is 2. The zero-order valence-electron chi connectivity index (χ0n) is 7.02. The number of hydrogen-bond acceptors (Lipinski definition) is 1. The lowest BCUT2D eigenvalue weighted by Gasteiger charge is -2.04. The maximum Gasteiger partial charge on any atom is 0.140 e. The molecule has 1 heterocycles. The summed E-state index contributed by atoms with van der Waals surface area (Å²) in [5.41, 5.74) is 4.91. The molecule has 0 aliphatic carbocycles. The van der Waals surface area contributed by atoms with Gasteiger partial charge in [0.25, 0.3) is 0 Å². The van der Waals surface area contributed by atoms with Crippen LogP contribution in [0.4, 0.5) is 0 Å². The molecular formula is C7H11B2N. The number of hydrogen-bond donors (Lipinski definition) is 0. The summed E-state index contributed by atoms with van der Waals surface area (Å²) < 4.78 is 0. The van der Waals surface area contributed by atoms with Gasteiger partial charge in [0.1, 0.15) is 15.7 Å². The van der Waals surface area contributed by atoms with Gasteiger partial charge in [-0.2, -0.15) is 0 Å². The van der Waals surface area contributed by atoms with Gasteiger partial charge >= 0.3 is 0 Å². The van der Waals surface area contributed by atoms with Crippen molar-refractivity contribution in [1.29, 1.82) is 0 Å². The van der Waals surface area contributed by atoms with Crippen LogP contribution in [0.5, 0.6) is 0 Å². The number of aromatic nitrogens is 1. The van der Waals surface area contributed by atoms with E-state index in [1.54, 1.807) is 0 Å². The Morgan fingerprint density at radius 2 is 1.90 bits per heavy atom. The van der Waals surface area contributed by atoms with Gasteiger partial charge in [-0.3, -0.25) is 4.98 Å². The van der Waals surface area contributed by atoms with E-state index in [2.05, 4.69) is 33.7 Å². The molecule has 0 atom stereocenters. The molecule has 0 saturated heterocycles. The Bertz CT molecular complexity index is 235. The Balaban J connectivity index is 3.31. The summed E-state index contributed by atoms with van der Waals surface area (Å²) in [7, 11) is 4.23. The number of rotatable bonds is 0. The molecule has 50 valence electrons. The third-order valence-corrected chi connectivity index (χ3v) is 1.90. The average molecular weight is 131 g/mol. The van der Waals surface area contributed by atoms with Crippen LogP contribution in [0.3, 0.4) is 0 Å². The predicted molar refractivity (Wildman–Crippen MR) is 50.1 cm³/mol. The fourth-order valence-corrected chi connectivity index (χ4v) is 1.09. The molecule has 1 rings (SSSR count). The van der Waals surface area contributed by atoms with Gasteiger partial charge in [-0.15, -0.1) is 0 Å². The minimum Gasteiger partial charge on any atom is -0.259 e. The first-order valence-electron chi connectivity index (χ1n) is 3.52. The van der Waals surface area contributed by atoms with Crippen LogP contribution in [0.25, 0.3) is 0 Å². The summed E-state index contributed by atoms with van der Waals surface area (Å²) in [6.07, 6.45) is 0. The van der Waals surface area contributed by atoms with Crippen LogP contribution in [0.2, 0.25) is 0 Å². The quantitative estimate of drug-likeness (QED) is 0.379. The van der Waals surface area contributed by atoms with Crippen LogP contribution < -0.4 is 10.9 Å². The van der Waals surface area contributed by atoms with E-state index in [0.717, 1.165) is 11.4 Å². The maximum atomic E-state index is 4.33. The van der Waals surface area contributed by atoms with Gasteiger partial charge in [-0.05, 0) is 19.9 Å². The van der Waals surface area contributed by atoms with E-state index in [1.165, 1.54) is 10.9 Å². The van der Waals surface area contributed by atoms with Gasteiger partial charge < -0.3 is 0 Å². The van der Waals surface area contributed by atoms with E-state index >= 15 is 0 Å². The van der Waals surface area contributed by atoms with E-state index in [4.69, 9.17) is 0 Å². The molecular weight excluding hydrogens is 120 g/mol. The molecule has 0 amide bonds. The lowest BCUT2D eigenvalue weighted by Crippen LogP contribution is -2.29. The van der Waals surface area contributed by atoms with Crippen molar-refractivity contribution in [1.82, 2.24) is 4.98 Å². The van der Waals surface area contributed by atoms with E-state index in [1.807, 2.05) is 6.92 Å². The minimum atomic E-state index is 1.11. The zero-order chi connectivity index (χ0) is 7.72. The van der Waals surface area contributed by atoms with E-state index in [9.17, 15) is 0 Å². The van der Waals surface area contributed by atoms with E-state index in [0.29, 0.717) is 0 Å². The van der Waals surface area contributed by atoms with Crippen LogP contribution in [-0.4, -0.2) is 20.7 Å². The Morgan fingerprint density at radius 3 is 2.40 bits per heavy atom. The van der Waals surface area contributed by atoms with Crippen molar-refractivity contribution in [2.75, 3.05) is 0 Å². The summed E-state index contributed by atoms with van der Waals surface area (Å²) in [5, 5.41) is 0. The molecule has 0 radical (unpaired) electrons. The van der Waals surface area contributed by atoms with Crippen LogP contribution in [0.1, 0.15) is 11.4 Å². The normalized spacial score (nSPS) is 9.80. The van der Waals surface area contributed by atoms with Crippen molar-refractivity contribution < 1.29 is 0 Å². The monoisotopic (exact) mass is 131 g/mol. The average Bonchev–Trinajstić information content (AvgIpc) is 1.82. The molecule has 0 aliphatic heterocycles. The third kappa shape index (κ3) is 1.23. The largest absolute Gasteiger partial charge is 0.259 e. The van der Waals surface area contributed by atoms with Crippen molar-refractivity contribution >= 4 is 26.6 Å². The Kier molecular flexibility index (Phi) is 1.84. The highest BCUT2D eigenvalue weighted by molar-refractivity contribution is 6.48. The van der Waals surface area contributed by atoms with Gasteiger partial charge in [0.2, 0.25) is 0 Å². The first kappa shape index (κ1) is 7.39. The van der Waals surface area contributed by atoms with Crippen LogP contribution >= 0.6 is 0 Å². The van der Waals surface area contributed by atoms with E-state index < -0.39 is 0 Å². The summed E-state index contributed by atoms with van der Waals surface area (Å²) in [6.45, 7) is 4.08. The molecule has 0 N–H and O–H groups in total.